The minimum atomic E-state index is -0.967. The van der Waals surface area contributed by atoms with Crippen molar-refractivity contribution >= 4 is 22.6 Å². The van der Waals surface area contributed by atoms with Gasteiger partial charge in [0, 0.05) is 39.2 Å². The zero-order valence-corrected chi connectivity index (χ0v) is 19.1. The van der Waals surface area contributed by atoms with E-state index in [0.29, 0.717) is 27.8 Å². The van der Waals surface area contributed by atoms with Crippen molar-refractivity contribution in [3.8, 4) is 28.5 Å². The third-order valence-corrected chi connectivity index (χ3v) is 7.52. The summed E-state index contributed by atoms with van der Waals surface area (Å²) < 4.78 is 12.5. The van der Waals surface area contributed by atoms with E-state index >= 15 is 0 Å². The van der Waals surface area contributed by atoms with Gasteiger partial charge in [-0.05, 0) is 17.2 Å². The standard InChI is InChI=1S/C27H22N2OS2/c28-19-25-24(22-12-6-2-7-13-22)18-26(23-14-8-3-9-15-23)29-27(25)31-16-17-32(30)20-21-10-4-1-5-11-21/h1-15,18H,16-17,20H2/t32-/m1/s1. The van der Waals surface area contributed by atoms with E-state index in [9.17, 15) is 9.47 Å². The van der Waals surface area contributed by atoms with Crippen molar-refractivity contribution in [2.45, 2.75) is 10.8 Å². The van der Waals surface area contributed by atoms with Gasteiger partial charge in [0.15, 0.2) is 0 Å². The van der Waals surface area contributed by atoms with Gasteiger partial charge in [0.1, 0.15) is 11.1 Å². The molecule has 0 aliphatic carbocycles. The van der Waals surface area contributed by atoms with E-state index in [2.05, 4.69) is 6.07 Å². The highest BCUT2D eigenvalue weighted by Crippen LogP contribution is 2.34. The molecule has 0 amide bonds. The molecule has 1 heterocycles. The second-order valence-electron chi connectivity index (χ2n) is 7.20. The summed E-state index contributed by atoms with van der Waals surface area (Å²) in [6.45, 7) is 0. The van der Waals surface area contributed by atoms with E-state index in [1.807, 2.05) is 97.1 Å². The fraction of sp³-hybridized carbons (Fsp3) is 0.111. The van der Waals surface area contributed by atoms with Gasteiger partial charge in [-0.15, -0.1) is 11.8 Å². The van der Waals surface area contributed by atoms with E-state index in [0.717, 1.165) is 27.9 Å². The molecule has 3 nitrogen and oxygen atoms in total. The topological polar surface area (TPSA) is 53.8 Å². The van der Waals surface area contributed by atoms with Crippen molar-refractivity contribution in [1.82, 2.24) is 4.98 Å². The molecule has 3 aromatic carbocycles. The molecule has 158 valence electrons. The number of hydrogen-bond acceptors (Lipinski definition) is 4. The Bertz CT molecular complexity index is 1240. The van der Waals surface area contributed by atoms with Crippen LogP contribution in [0.2, 0.25) is 0 Å². The van der Waals surface area contributed by atoms with E-state index in [4.69, 9.17) is 4.98 Å². The van der Waals surface area contributed by atoms with Gasteiger partial charge in [0.2, 0.25) is 0 Å². The molecule has 0 aliphatic heterocycles. The number of rotatable bonds is 8. The van der Waals surface area contributed by atoms with Crippen LogP contribution in [-0.2, 0) is 16.6 Å². The van der Waals surface area contributed by atoms with E-state index < -0.39 is 10.8 Å². The Balaban J connectivity index is 1.60. The summed E-state index contributed by atoms with van der Waals surface area (Å²) in [5, 5.41) is 10.6. The predicted molar refractivity (Wildman–Crippen MR) is 134 cm³/mol. The largest absolute Gasteiger partial charge is 0.259 e. The normalized spacial score (nSPS) is 11.6. The lowest BCUT2D eigenvalue weighted by molar-refractivity contribution is 0.683. The Labute approximate surface area is 195 Å². The summed E-state index contributed by atoms with van der Waals surface area (Å²) in [7, 11) is -0.967. The Kier molecular flexibility index (Phi) is 7.50. The molecule has 0 saturated heterocycles. The summed E-state index contributed by atoms with van der Waals surface area (Å²) >= 11 is 1.50. The SMILES string of the molecule is N#Cc1c(-c2ccccc2)cc(-c2ccccc2)nc1SCC[S@@](=O)Cc1ccccc1. The lowest BCUT2D eigenvalue weighted by Crippen LogP contribution is -2.04. The summed E-state index contributed by atoms with van der Waals surface area (Å²) in [6, 6.07) is 34.1. The zero-order chi connectivity index (χ0) is 22.2. The highest BCUT2D eigenvalue weighted by molar-refractivity contribution is 8.00. The molecular weight excluding hydrogens is 432 g/mol. The Morgan fingerprint density at radius 2 is 1.44 bits per heavy atom. The first-order valence-corrected chi connectivity index (χ1v) is 12.8. The predicted octanol–water partition coefficient (Wildman–Crippen LogP) is 6.33. The summed E-state index contributed by atoms with van der Waals surface area (Å²) in [4.78, 5) is 4.82. The van der Waals surface area contributed by atoms with E-state index in [-0.39, 0.29) is 0 Å². The van der Waals surface area contributed by atoms with Crippen molar-refractivity contribution in [2.24, 2.45) is 0 Å². The molecule has 4 rings (SSSR count). The molecule has 1 atom stereocenters. The molecule has 0 N–H and O–H groups in total. The number of nitriles is 1. The number of nitrogens with zero attached hydrogens (tertiary/aromatic N) is 2. The first kappa shape index (κ1) is 22.0. The quantitative estimate of drug-likeness (QED) is 0.292. The monoisotopic (exact) mass is 454 g/mol. The molecule has 32 heavy (non-hydrogen) atoms. The number of hydrogen-bond donors (Lipinski definition) is 0. The lowest BCUT2D eigenvalue weighted by atomic mass is 9.99. The average molecular weight is 455 g/mol. The van der Waals surface area contributed by atoms with Crippen LogP contribution in [0.15, 0.2) is 102 Å². The summed E-state index contributed by atoms with van der Waals surface area (Å²) in [6.07, 6.45) is 0. The van der Waals surface area contributed by atoms with Crippen LogP contribution in [0.1, 0.15) is 11.1 Å². The molecule has 4 aromatic rings. The molecule has 0 spiro atoms. The minimum Gasteiger partial charge on any atom is -0.259 e. The molecule has 0 fully saturated rings. The highest BCUT2D eigenvalue weighted by atomic mass is 32.2. The summed E-state index contributed by atoms with van der Waals surface area (Å²) in [5.41, 5.74) is 5.33. The Morgan fingerprint density at radius 1 is 0.844 bits per heavy atom. The maximum Gasteiger partial charge on any atom is 0.115 e. The van der Waals surface area contributed by atoms with Crippen LogP contribution >= 0.6 is 11.8 Å². The third kappa shape index (κ3) is 5.53. The van der Waals surface area contributed by atoms with Gasteiger partial charge in [-0.1, -0.05) is 91.0 Å². The average Bonchev–Trinajstić information content (AvgIpc) is 2.85. The second kappa shape index (κ2) is 10.9. The zero-order valence-electron chi connectivity index (χ0n) is 17.5. The van der Waals surface area contributed by atoms with Crippen LogP contribution in [0.4, 0.5) is 0 Å². The van der Waals surface area contributed by atoms with Crippen LogP contribution in [0.25, 0.3) is 22.4 Å². The highest BCUT2D eigenvalue weighted by Gasteiger charge is 2.16. The maximum absolute atomic E-state index is 12.5. The third-order valence-electron chi connectivity index (χ3n) is 4.97. The van der Waals surface area contributed by atoms with Gasteiger partial charge < -0.3 is 0 Å². The molecule has 0 saturated carbocycles. The Hall–Kier alpha value is -3.20. The fourth-order valence-electron chi connectivity index (χ4n) is 3.40. The van der Waals surface area contributed by atoms with E-state index in [1.165, 1.54) is 11.8 Å². The first-order valence-electron chi connectivity index (χ1n) is 10.3. The van der Waals surface area contributed by atoms with Gasteiger partial charge in [-0.3, -0.25) is 4.21 Å². The number of thioether (sulfide) groups is 1. The van der Waals surface area contributed by atoms with Gasteiger partial charge in [-0.25, -0.2) is 4.98 Å². The lowest BCUT2D eigenvalue weighted by Gasteiger charge is -2.12. The van der Waals surface area contributed by atoms with Crippen LogP contribution in [-0.4, -0.2) is 20.7 Å². The van der Waals surface area contributed by atoms with Gasteiger partial charge in [0.05, 0.1) is 11.3 Å². The molecule has 0 aliphatic rings. The van der Waals surface area contributed by atoms with Crippen molar-refractivity contribution in [3.63, 3.8) is 0 Å². The number of benzene rings is 3. The Morgan fingerprint density at radius 3 is 2.06 bits per heavy atom. The maximum atomic E-state index is 12.5. The second-order valence-corrected chi connectivity index (χ2v) is 9.86. The van der Waals surface area contributed by atoms with Crippen molar-refractivity contribution in [1.29, 1.82) is 5.26 Å². The number of aromatic nitrogens is 1. The van der Waals surface area contributed by atoms with Crippen LogP contribution in [0.3, 0.4) is 0 Å². The van der Waals surface area contributed by atoms with Crippen LogP contribution < -0.4 is 0 Å². The number of pyridine rings is 1. The van der Waals surface area contributed by atoms with Gasteiger partial charge in [0.25, 0.3) is 0 Å². The van der Waals surface area contributed by atoms with Gasteiger partial charge >= 0.3 is 0 Å². The van der Waals surface area contributed by atoms with Crippen molar-refractivity contribution in [2.75, 3.05) is 11.5 Å². The van der Waals surface area contributed by atoms with Crippen molar-refractivity contribution < 1.29 is 4.21 Å². The van der Waals surface area contributed by atoms with E-state index in [1.54, 1.807) is 0 Å². The molecule has 0 unspecified atom stereocenters. The molecular formula is C27H22N2OS2. The van der Waals surface area contributed by atoms with Gasteiger partial charge in [-0.2, -0.15) is 5.26 Å². The van der Waals surface area contributed by atoms with Crippen molar-refractivity contribution in [3.05, 3.63) is 108 Å². The van der Waals surface area contributed by atoms with Crippen LogP contribution in [0, 0.1) is 11.3 Å². The minimum absolute atomic E-state index is 0.541. The molecule has 0 bridgehead atoms. The van der Waals surface area contributed by atoms with Crippen LogP contribution in [0.5, 0.6) is 0 Å². The molecule has 5 heteroatoms. The smallest absolute Gasteiger partial charge is 0.115 e. The summed E-state index contributed by atoms with van der Waals surface area (Å²) in [5.74, 6) is 1.72. The molecule has 0 radical (unpaired) electrons. The molecule has 1 aromatic heterocycles. The first-order chi connectivity index (χ1) is 15.7. The fourth-order valence-corrected chi connectivity index (χ4v) is 5.84.